The van der Waals surface area contributed by atoms with Crippen molar-refractivity contribution in [2.75, 3.05) is 0 Å². The summed E-state index contributed by atoms with van der Waals surface area (Å²) in [6.07, 6.45) is -0.414. The van der Waals surface area contributed by atoms with Gasteiger partial charge in [0.25, 0.3) is 0 Å². The fraction of sp³-hybridized carbons (Fsp3) is 0.0909. The summed E-state index contributed by atoms with van der Waals surface area (Å²) >= 11 is 19.5. The Labute approximate surface area is 202 Å². The summed E-state index contributed by atoms with van der Waals surface area (Å²) < 4.78 is 1.41. The zero-order valence-electron chi connectivity index (χ0n) is 15.4. The number of fused-ring (bicyclic) bond motifs is 2. The number of aliphatic carboxylic acids is 1. The Morgan fingerprint density at radius 3 is 2.19 bits per heavy atom. The fourth-order valence-corrected chi connectivity index (χ4v) is 5.24. The van der Waals surface area contributed by atoms with Crippen molar-refractivity contribution in [1.29, 1.82) is 0 Å². The molecule has 1 aliphatic carbocycles. The molecule has 158 valence electrons. The number of hydrogen-bond donors (Lipinski definition) is 3. The van der Waals surface area contributed by atoms with E-state index in [2.05, 4.69) is 31.9 Å². The van der Waals surface area contributed by atoms with Gasteiger partial charge < -0.3 is 15.3 Å². The SMILES string of the molecule is O=C(O)c1cc(Cl)c2cc(Br)ccc2c1C1=c2ccc(Br)cc2=C(Cl)CC1(O)C(=O)O. The molecule has 4 rings (SSSR count). The molecule has 1 atom stereocenters. The molecule has 0 amide bonds. The Balaban J connectivity index is 2.34. The van der Waals surface area contributed by atoms with Gasteiger partial charge in [0.1, 0.15) is 0 Å². The number of carbonyl (C=O) groups is 2. The number of rotatable bonds is 3. The lowest BCUT2D eigenvalue weighted by Crippen LogP contribution is -2.50. The van der Waals surface area contributed by atoms with Crippen LogP contribution in [0.25, 0.3) is 21.4 Å². The number of aromatic carboxylic acids is 1. The van der Waals surface area contributed by atoms with Gasteiger partial charge in [-0.2, -0.15) is 0 Å². The molecule has 9 heteroatoms. The third-order valence-corrected chi connectivity index (χ3v) is 6.89. The predicted octanol–water partition coefficient (Wildman–Crippen LogP) is 4.48. The van der Waals surface area contributed by atoms with Gasteiger partial charge in [0.2, 0.25) is 0 Å². The first-order chi connectivity index (χ1) is 14.5. The summed E-state index contributed by atoms with van der Waals surface area (Å²) in [7, 11) is 0. The van der Waals surface area contributed by atoms with Crippen molar-refractivity contribution in [3.05, 3.63) is 78.0 Å². The average Bonchev–Trinajstić information content (AvgIpc) is 2.69. The molecule has 1 aliphatic rings. The second-order valence-corrected chi connectivity index (χ2v) is 9.78. The molecule has 0 spiro atoms. The maximum Gasteiger partial charge on any atom is 0.340 e. The molecule has 0 heterocycles. The Hall–Kier alpha value is -1.90. The van der Waals surface area contributed by atoms with E-state index in [0.29, 0.717) is 30.2 Å². The van der Waals surface area contributed by atoms with Crippen molar-refractivity contribution in [1.82, 2.24) is 0 Å². The van der Waals surface area contributed by atoms with E-state index in [9.17, 15) is 24.9 Å². The van der Waals surface area contributed by atoms with Crippen LogP contribution in [0.15, 0.2) is 51.4 Å². The molecule has 0 saturated carbocycles. The van der Waals surface area contributed by atoms with E-state index in [4.69, 9.17) is 23.2 Å². The van der Waals surface area contributed by atoms with Crippen LogP contribution in [0.4, 0.5) is 0 Å². The van der Waals surface area contributed by atoms with Gasteiger partial charge in [0.15, 0.2) is 5.60 Å². The molecule has 0 aromatic heterocycles. The van der Waals surface area contributed by atoms with Crippen LogP contribution in [-0.4, -0.2) is 32.9 Å². The molecule has 0 saturated heterocycles. The highest BCUT2D eigenvalue weighted by molar-refractivity contribution is 9.10. The van der Waals surface area contributed by atoms with Gasteiger partial charge in [-0.1, -0.05) is 67.2 Å². The minimum absolute atomic E-state index is 0.0479. The summed E-state index contributed by atoms with van der Waals surface area (Å²) in [6.45, 7) is 0. The van der Waals surface area contributed by atoms with Crippen LogP contribution >= 0.6 is 55.1 Å². The van der Waals surface area contributed by atoms with Gasteiger partial charge in [-0.05, 0) is 46.2 Å². The Morgan fingerprint density at radius 1 is 0.903 bits per heavy atom. The predicted molar refractivity (Wildman–Crippen MR) is 126 cm³/mol. The zero-order valence-corrected chi connectivity index (χ0v) is 20.1. The van der Waals surface area contributed by atoms with Gasteiger partial charge in [-0.25, -0.2) is 9.59 Å². The topological polar surface area (TPSA) is 94.8 Å². The molecular formula is C22H12Br2Cl2O5. The van der Waals surface area contributed by atoms with E-state index >= 15 is 0 Å². The van der Waals surface area contributed by atoms with E-state index < -0.39 is 24.0 Å². The number of carboxylic acids is 2. The second kappa shape index (κ2) is 7.90. The minimum atomic E-state index is -2.45. The zero-order chi connectivity index (χ0) is 22.7. The van der Waals surface area contributed by atoms with Crippen molar-refractivity contribution in [3.63, 3.8) is 0 Å². The first-order valence-electron chi connectivity index (χ1n) is 8.85. The molecule has 1 unspecified atom stereocenters. The average molecular weight is 587 g/mol. The van der Waals surface area contributed by atoms with E-state index in [1.54, 1.807) is 36.4 Å². The molecule has 5 nitrogen and oxygen atoms in total. The highest BCUT2D eigenvalue weighted by Crippen LogP contribution is 2.41. The summed E-state index contributed by atoms with van der Waals surface area (Å²) in [5.41, 5.74) is -2.64. The van der Waals surface area contributed by atoms with Crippen LogP contribution in [0.5, 0.6) is 0 Å². The maximum absolute atomic E-state index is 12.3. The van der Waals surface area contributed by atoms with Crippen LogP contribution in [0.2, 0.25) is 5.02 Å². The normalized spacial score (nSPS) is 18.2. The fourth-order valence-electron chi connectivity index (χ4n) is 3.91. The summed E-state index contributed by atoms with van der Waals surface area (Å²) in [5.74, 6) is -2.84. The Bertz CT molecular complexity index is 1430. The smallest absolute Gasteiger partial charge is 0.340 e. The van der Waals surface area contributed by atoms with Crippen LogP contribution in [0.1, 0.15) is 22.3 Å². The van der Waals surface area contributed by atoms with Gasteiger partial charge in [0.05, 0.1) is 5.56 Å². The standard InChI is InChI=1S/C22H12Br2Cl2O5/c23-9-1-3-11-13(5-9)16(25)7-15(20(27)28)18(11)19-12-4-2-10(24)6-14(12)17(26)8-22(19,31)21(29)30/h1-7,31H,8H2,(H,27,28)(H,29,30). The molecule has 3 N–H and O–H groups in total. The second-order valence-electron chi connectivity index (χ2n) is 7.09. The van der Waals surface area contributed by atoms with Crippen molar-refractivity contribution < 1.29 is 24.9 Å². The molecule has 3 aromatic rings. The minimum Gasteiger partial charge on any atom is -0.479 e. The summed E-state index contributed by atoms with van der Waals surface area (Å²) in [6, 6.07) is 11.3. The van der Waals surface area contributed by atoms with Crippen molar-refractivity contribution >= 4 is 88.4 Å². The number of carboxylic acid groups (broad SMARTS) is 2. The first-order valence-corrected chi connectivity index (χ1v) is 11.2. The lowest BCUT2D eigenvalue weighted by molar-refractivity contribution is -0.152. The van der Waals surface area contributed by atoms with Crippen molar-refractivity contribution in [3.8, 4) is 0 Å². The molecule has 31 heavy (non-hydrogen) atoms. The lowest BCUT2D eigenvalue weighted by Gasteiger charge is -2.31. The molecule has 3 aromatic carbocycles. The third kappa shape index (κ3) is 3.58. The Kier molecular flexibility index (Phi) is 5.69. The van der Waals surface area contributed by atoms with E-state index in [0.717, 1.165) is 0 Å². The van der Waals surface area contributed by atoms with Crippen LogP contribution in [0.3, 0.4) is 0 Å². The maximum atomic E-state index is 12.3. The van der Waals surface area contributed by atoms with Crippen LogP contribution in [-0.2, 0) is 4.79 Å². The molecule has 0 radical (unpaired) electrons. The largest absolute Gasteiger partial charge is 0.479 e. The number of halogens is 4. The van der Waals surface area contributed by atoms with Crippen LogP contribution in [0, 0.1) is 0 Å². The van der Waals surface area contributed by atoms with E-state index in [1.165, 1.54) is 6.07 Å². The highest BCUT2D eigenvalue weighted by Gasteiger charge is 2.45. The van der Waals surface area contributed by atoms with Gasteiger partial charge in [-0.15, -0.1) is 0 Å². The highest BCUT2D eigenvalue weighted by atomic mass is 79.9. The third-order valence-electron chi connectivity index (χ3n) is 5.25. The molecule has 0 fully saturated rings. The van der Waals surface area contributed by atoms with E-state index in [1.807, 2.05) is 0 Å². The monoisotopic (exact) mass is 584 g/mol. The van der Waals surface area contributed by atoms with Crippen molar-refractivity contribution in [2.45, 2.75) is 12.0 Å². The summed E-state index contributed by atoms with van der Waals surface area (Å²) in [4.78, 5) is 24.5. The van der Waals surface area contributed by atoms with E-state index in [-0.39, 0.29) is 26.8 Å². The molecule has 0 aliphatic heterocycles. The van der Waals surface area contributed by atoms with Crippen molar-refractivity contribution in [2.24, 2.45) is 0 Å². The number of aliphatic hydroxyl groups is 1. The number of hydrogen-bond acceptors (Lipinski definition) is 3. The van der Waals surface area contributed by atoms with Gasteiger partial charge in [-0.3, -0.25) is 0 Å². The van der Waals surface area contributed by atoms with Gasteiger partial charge in [0, 0.05) is 41.9 Å². The summed E-state index contributed by atoms with van der Waals surface area (Å²) in [5, 5.41) is 33.4. The first kappa shape index (κ1) is 22.3. The lowest BCUT2D eigenvalue weighted by atomic mass is 9.77. The molecular weight excluding hydrogens is 575 g/mol. The Morgan fingerprint density at radius 2 is 1.55 bits per heavy atom. The van der Waals surface area contributed by atoms with Gasteiger partial charge >= 0.3 is 11.9 Å². The number of benzene rings is 3. The quantitative estimate of drug-likeness (QED) is 0.421. The van der Waals surface area contributed by atoms with Crippen LogP contribution < -0.4 is 10.4 Å². The molecule has 0 bridgehead atoms.